The van der Waals surface area contributed by atoms with Crippen LogP contribution in [-0.4, -0.2) is 23.1 Å². The number of likely N-dealkylation sites (N-methyl/N-ethyl adjacent to an activating group) is 1. The molecule has 3 heteroatoms. The van der Waals surface area contributed by atoms with E-state index in [9.17, 15) is 4.39 Å². The van der Waals surface area contributed by atoms with Crippen LogP contribution in [0.4, 0.5) is 4.39 Å². The number of aromatic nitrogens is 1. The van der Waals surface area contributed by atoms with Crippen molar-refractivity contribution in [1.29, 1.82) is 0 Å². The Balaban J connectivity index is 1.78. The van der Waals surface area contributed by atoms with Crippen molar-refractivity contribution in [3.05, 3.63) is 70.7 Å². The minimum atomic E-state index is -0.150. The van der Waals surface area contributed by atoms with E-state index in [1.54, 1.807) is 12.1 Å². The molecule has 3 aromatic rings. The summed E-state index contributed by atoms with van der Waals surface area (Å²) in [6, 6.07) is 14.2. The van der Waals surface area contributed by atoms with E-state index in [0.29, 0.717) is 6.04 Å². The zero-order valence-corrected chi connectivity index (χ0v) is 15.2. The van der Waals surface area contributed by atoms with E-state index >= 15 is 0 Å². The van der Waals surface area contributed by atoms with Gasteiger partial charge in [0.25, 0.3) is 0 Å². The van der Waals surface area contributed by atoms with E-state index in [4.69, 9.17) is 0 Å². The molecule has 1 unspecified atom stereocenters. The van der Waals surface area contributed by atoms with Gasteiger partial charge in [0.05, 0.1) is 0 Å². The second-order valence-corrected chi connectivity index (χ2v) is 7.32. The molecule has 0 saturated carbocycles. The summed E-state index contributed by atoms with van der Waals surface area (Å²) in [4.78, 5) is 2.43. The first kappa shape index (κ1) is 16.3. The lowest BCUT2D eigenvalue weighted by Crippen LogP contribution is -2.31. The number of rotatable bonds is 3. The summed E-state index contributed by atoms with van der Waals surface area (Å²) in [5.41, 5.74) is 6.62. The average molecular weight is 336 g/mol. The monoisotopic (exact) mass is 336 g/mol. The molecule has 2 aromatic carbocycles. The molecule has 0 aliphatic carbocycles. The first-order chi connectivity index (χ1) is 12.0. The number of nitrogens with zero attached hydrogens (tertiary/aromatic N) is 2. The van der Waals surface area contributed by atoms with Crippen LogP contribution < -0.4 is 0 Å². The molecule has 0 spiro atoms. The number of hydrogen-bond acceptors (Lipinski definition) is 1. The van der Waals surface area contributed by atoms with Crippen LogP contribution in [0.3, 0.4) is 0 Å². The highest BCUT2D eigenvalue weighted by Gasteiger charge is 2.27. The summed E-state index contributed by atoms with van der Waals surface area (Å²) in [5.74, 6) is -0.150. The van der Waals surface area contributed by atoms with E-state index in [0.717, 1.165) is 31.5 Å². The molecule has 2 heterocycles. The number of fused-ring (bicyclic) bond motifs is 3. The molecule has 1 atom stereocenters. The molecule has 1 aliphatic rings. The van der Waals surface area contributed by atoms with E-state index in [1.807, 2.05) is 6.07 Å². The molecule has 0 saturated heterocycles. The first-order valence-electron chi connectivity index (χ1n) is 9.11. The Morgan fingerprint density at radius 3 is 2.80 bits per heavy atom. The minimum absolute atomic E-state index is 0.150. The standard InChI is InChI=1S/C22H25FN2/c1-15-7-8-20-19(13-15)22-16(2)24(3)11-10-21(22)25(20)12-9-17-5-4-6-18(23)14-17/h4-8,13-14,16H,9-12H2,1-3H3. The van der Waals surface area contributed by atoms with Crippen molar-refractivity contribution in [1.82, 2.24) is 9.47 Å². The summed E-state index contributed by atoms with van der Waals surface area (Å²) in [7, 11) is 2.21. The molecule has 0 fully saturated rings. The highest BCUT2D eigenvalue weighted by atomic mass is 19.1. The Kier molecular flexibility index (Phi) is 4.12. The summed E-state index contributed by atoms with van der Waals surface area (Å²) in [6.45, 7) is 6.45. The summed E-state index contributed by atoms with van der Waals surface area (Å²) in [5, 5.41) is 1.38. The topological polar surface area (TPSA) is 8.17 Å². The molecule has 1 aromatic heterocycles. The smallest absolute Gasteiger partial charge is 0.123 e. The van der Waals surface area contributed by atoms with E-state index < -0.39 is 0 Å². The predicted molar refractivity (Wildman–Crippen MR) is 102 cm³/mol. The number of aryl methyl sites for hydroxylation is 3. The maximum absolute atomic E-state index is 13.5. The second-order valence-electron chi connectivity index (χ2n) is 7.32. The van der Waals surface area contributed by atoms with Crippen molar-refractivity contribution >= 4 is 10.9 Å². The van der Waals surface area contributed by atoms with Gasteiger partial charge in [-0.25, -0.2) is 4.39 Å². The van der Waals surface area contributed by atoms with Crippen LogP contribution in [0.1, 0.15) is 35.3 Å². The van der Waals surface area contributed by atoms with Gasteiger partial charge in [-0.05, 0) is 62.7 Å². The maximum Gasteiger partial charge on any atom is 0.123 e. The van der Waals surface area contributed by atoms with Crippen LogP contribution >= 0.6 is 0 Å². The summed E-state index contributed by atoms with van der Waals surface area (Å²) >= 11 is 0. The van der Waals surface area contributed by atoms with Gasteiger partial charge in [0.15, 0.2) is 0 Å². The third-order valence-corrected chi connectivity index (χ3v) is 5.66. The lowest BCUT2D eigenvalue weighted by molar-refractivity contribution is 0.245. The second kappa shape index (κ2) is 6.30. The van der Waals surface area contributed by atoms with Gasteiger partial charge in [-0.15, -0.1) is 0 Å². The van der Waals surface area contributed by atoms with Gasteiger partial charge in [-0.1, -0.05) is 23.8 Å². The quantitative estimate of drug-likeness (QED) is 0.662. The largest absolute Gasteiger partial charge is 0.344 e. The molecule has 25 heavy (non-hydrogen) atoms. The molecule has 0 amide bonds. The van der Waals surface area contributed by atoms with Crippen molar-refractivity contribution in [3.63, 3.8) is 0 Å². The number of hydrogen-bond donors (Lipinski definition) is 0. The lowest BCUT2D eigenvalue weighted by atomic mass is 9.97. The zero-order chi connectivity index (χ0) is 17.6. The Bertz CT molecular complexity index is 925. The van der Waals surface area contributed by atoms with Crippen LogP contribution in [-0.2, 0) is 19.4 Å². The molecule has 2 nitrogen and oxygen atoms in total. The highest BCUT2D eigenvalue weighted by molar-refractivity contribution is 5.87. The minimum Gasteiger partial charge on any atom is -0.344 e. The first-order valence-corrected chi connectivity index (χ1v) is 9.11. The Morgan fingerprint density at radius 2 is 2.00 bits per heavy atom. The average Bonchev–Trinajstić information content (AvgIpc) is 2.90. The molecule has 1 aliphatic heterocycles. The number of halogens is 1. The molecular formula is C22H25FN2. The number of benzene rings is 2. The molecule has 130 valence electrons. The van der Waals surface area contributed by atoms with Gasteiger partial charge in [-0.3, -0.25) is 4.90 Å². The highest BCUT2D eigenvalue weighted by Crippen LogP contribution is 2.37. The van der Waals surface area contributed by atoms with Gasteiger partial charge in [-0.2, -0.15) is 0 Å². The van der Waals surface area contributed by atoms with Gasteiger partial charge in [0.1, 0.15) is 5.82 Å². The zero-order valence-electron chi connectivity index (χ0n) is 15.2. The van der Waals surface area contributed by atoms with E-state index in [-0.39, 0.29) is 5.82 Å². The van der Waals surface area contributed by atoms with Gasteiger partial charge < -0.3 is 4.57 Å². The Morgan fingerprint density at radius 1 is 1.16 bits per heavy atom. The molecule has 0 N–H and O–H groups in total. The van der Waals surface area contributed by atoms with Crippen molar-refractivity contribution in [2.45, 2.75) is 39.3 Å². The van der Waals surface area contributed by atoms with Crippen LogP contribution in [0.15, 0.2) is 42.5 Å². The molecule has 4 rings (SSSR count). The lowest BCUT2D eigenvalue weighted by Gasteiger charge is -2.31. The van der Waals surface area contributed by atoms with Crippen molar-refractivity contribution in [2.75, 3.05) is 13.6 Å². The van der Waals surface area contributed by atoms with Crippen molar-refractivity contribution < 1.29 is 4.39 Å². The van der Waals surface area contributed by atoms with Crippen LogP contribution in [0, 0.1) is 12.7 Å². The van der Waals surface area contributed by atoms with Crippen LogP contribution in [0.5, 0.6) is 0 Å². The van der Waals surface area contributed by atoms with Gasteiger partial charge in [0, 0.05) is 42.1 Å². The Labute approximate surface area is 148 Å². The third kappa shape index (κ3) is 2.87. The van der Waals surface area contributed by atoms with Crippen molar-refractivity contribution in [2.24, 2.45) is 0 Å². The fourth-order valence-corrected chi connectivity index (χ4v) is 4.17. The van der Waals surface area contributed by atoms with Crippen LogP contribution in [0.2, 0.25) is 0 Å². The fourth-order valence-electron chi connectivity index (χ4n) is 4.17. The molecule has 0 bridgehead atoms. The van der Waals surface area contributed by atoms with E-state index in [2.05, 4.69) is 48.6 Å². The SMILES string of the molecule is Cc1ccc2c(c1)c1c(n2CCc2cccc(F)c2)CCN(C)C1C. The summed E-state index contributed by atoms with van der Waals surface area (Å²) < 4.78 is 16.0. The Hall–Kier alpha value is -2.13. The summed E-state index contributed by atoms with van der Waals surface area (Å²) in [6.07, 6.45) is 1.93. The predicted octanol–water partition coefficient (Wildman–Crippen LogP) is 4.88. The van der Waals surface area contributed by atoms with E-state index in [1.165, 1.54) is 33.8 Å². The van der Waals surface area contributed by atoms with Gasteiger partial charge in [0.2, 0.25) is 0 Å². The van der Waals surface area contributed by atoms with Gasteiger partial charge >= 0.3 is 0 Å². The maximum atomic E-state index is 13.5. The fraction of sp³-hybridized carbons (Fsp3) is 0.364. The van der Waals surface area contributed by atoms with Crippen LogP contribution in [0.25, 0.3) is 10.9 Å². The van der Waals surface area contributed by atoms with Crippen molar-refractivity contribution in [3.8, 4) is 0 Å². The molecule has 0 radical (unpaired) electrons. The molecular weight excluding hydrogens is 311 g/mol. The normalized spacial score (nSPS) is 17.8. The third-order valence-electron chi connectivity index (χ3n) is 5.66.